The van der Waals surface area contributed by atoms with Crippen molar-refractivity contribution >= 4 is 0 Å². The summed E-state index contributed by atoms with van der Waals surface area (Å²) in [5.41, 5.74) is 1.98. The maximum absolute atomic E-state index is 9.11. The second-order valence-electron chi connectivity index (χ2n) is 3.58. The molecule has 0 spiro atoms. The van der Waals surface area contributed by atoms with E-state index in [1.165, 1.54) is 0 Å². The zero-order valence-electron chi connectivity index (χ0n) is 9.24. The van der Waals surface area contributed by atoms with E-state index >= 15 is 0 Å². The molecular formula is C13H12N4. The molecule has 1 atom stereocenters. The van der Waals surface area contributed by atoms with Gasteiger partial charge in [-0.1, -0.05) is 6.07 Å². The molecule has 0 aliphatic rings. The second-order valence-corrected chi connectivity index (χ2v) is 3.58. The van der Waals surface area contributed by atoms with Gasteiger partial charge in [0.15, 0.2) is 0 Å². The fourth-order valence-electron chi connectivity index (χ4n) is 1.52. The first kappa shape index (κ1) is 11.2. The van der Waals surface area contributed by atoms with Crippen molar-refractivity contribution in [3.63, 3.8) is 0 Å². The number of hydrogen-bond acceptors (Lipinski definition) is 4. The van der Waals surface area contributed by atoms with Crippen LogP contribution >= 0.6 is 0 Å². The average molecular weight is 224 g/mol. The highest BCUT2D eigenvalue weighted by Crippen LogP contribution is 2.11. The summed E-state index contributed by atoms with van der Waals surface area (Å²) in [6.07, 6.45) is 6.89. The molecule has 0 aromatic carbocycles. The topological polar surface area (TPSA) is 61.6 Å². The van der Waals surface area contributed by atoms with Crippen molar-refractivity contribution in [1.82, 2.24) is 15.3 Å². The number of rotatable bonds is 4. The molecule has 4 heteroatoms. The van der Waals surface area contributed by atoms with Crippen LogP contribution in [-0.4, -0.2) is 9.97 Å². The maximum Gasteiger partial charge on any atom is 0.121 e. The molecule has 2 heterocycles. The van der Waals surface area contributed by atoms with Crippen LogP contribution in [0.2, 0.25) is 0 Å². The van der Waals surface area contributed by atoms with Gasteiger partial charge in [0.2, 0.25) is 0 Å². The molecule has 2 aromatic rings. The molecule has 84 valence electrons. The van der Waals surface area contributed by atoms with Crippen LogP contribution in [0.25, 0.3) is 0 Å². The molecule has 0 radical (unpaired) electrons. The van der Waals surface area contributed by atoms with Crippen molar-refractivity contribution in [2.24, 2.45) is 0 Å². The molecule has 0 aliphatic carbocycles. The lowest BCUT2D eigenvalue weighted by molar-refractivity contribution is 0.628. The van der Waals surface area contributed by atoms with Gasteiger partial charge in [0, 0.05) is 31.3 Å². The summed E-state index contributed by atoms with van der Waals surface area (Å²) in [5, 5.41) is 12.3. The number of hydrogen-bond donors (Lipinski definition) is 1. The quantitative estimate of drug-likeness (QED) is 0.860. The van der Waals surface area contributed by atoms with Gasteiger partial charge in [0.1, 0.15) is 6.04 Å². The van der Waals surface area contributed by atoms with Crippen molar-refractivity contribution in [1.29, 1.82) is 5.26 Å². The first-order valence-corrected chi connectivity index (χ1v) is 5.32. The summed E-state index contributed by atoms with van der Waals surface area (Å²) in [6, 6.07) is 9.44. The van der Waals surface area contributed by atoms with Crippen LogP contribution in [0.15, 0.2) is 49.1 Å². The Labute approximate surface area is 100.0 Å². The number of aromatic nitrogens is 2. The summed E-state index contributed by atoms with van der Waals surface area (Å²) >= 11 is 0. The minimum atomic E-state index is -0.321. The molecule has 17 heavy (non-hydrogen) atoms. The van der Waals surface area contributed by atoms with E-state index in [4.69, 9.17) is 5.26 Å². The fourth-order valence-corrected chi connectivity index (χ4v) is 1.52. The molecule has 1 unspecified atom stereocenters. The Morgan fingerprint density at radius 1 is 1.18 bits per heavy atom. The summed E-state index contributed by atoms with van der Waals surface area (Å²) in [5.74, 6) is 0. The van der Waals surface area contributed by atoms with Gasteiger partial charge >= 0.3 is 0 Å². The molecule has 0 fully saturated rings. The Morgan fingerprint density at radius 2 is 2.00 bits per heavy atom. The molecule has 0 saturated carbocycles. The minimum Gasteiger partial charge on any atom is -0.294 e. The van der Waals surface area contributed by atoms with Gasteiger partial charge < -0.3 is 0 Å². The number of nitriles is 1. The summed E-state index contributed by atoms with van der Waals surface area (Å²) in [6.45, 7) is 0.619. The first-order valence-electron chi connectivity index (χ1n) is 5.32. The first-order chi connectivity index (χ1) is 8.40. The highest BCUT2D eigenvalue weighted by molar-refractivity contribution is 5.21. The van der Waals surface area contributed by atoms with Crippen LogP contribution in [0.4, 0.5) is 0 Å². The number of nitrogens with one attached hydrogen (secondary N) is 1. The molecule has 4 nitrogen and oxygen atoms in total. The van der Waals surface area contributed by atoms with E-state index in [9.17, 15) is 0 Å². The molecule has 0 aliphatic heterocycles. The minimum absolute atomic E-state index is 0.321. The molecule has 0 amide bonds. The standard InChI is InChI=1S/C13H12N4/c14-8-13(12-3-6-15-7-4-12)17-10-11-2-1-5-16-9-11/h1-7,9,13,17H,10H2. The summed E-state index contributed by atoms with van der Waals surface area (Å²) in [7, 11) is 0. The van der Waals surface area contributed by atoms with E-state index in [2.05, 4.69) is 21.4 Å². The zero-order valence-corrected chi connectivity index (χ0v) is 9.24. The highest BCUT2D eigenvalue weighted by atomic mass is 14.9. The Bertz CT molecular complexity index is 490. The smallest absolute Gasteiger partial charge is 0.121 e. The lowest BCUT2D eigenvalue weighted by Gasteiger charge is -2.11. The zero-order chi connectivity index (χ0) is 11.9. The largest absolute Gasteiger partial charge is 0.294 e. The van der Waals surface area contributed by atoms with Gasteiger partial charge in [-0.25, -0.2) is 0 Å². The lowest BCUT2D eigenvalue weighted by Crippen LogP contribution is -2.19. The third-order valence-electron chi connectivity index (χ3n) is 2.40. The number of nitrogens with zero attached hydrogens (tertiary/aromatic N) is 3. The Morgan fingerprint density at radius 3 is 2.65 bits per heavy atom. The molecule has 0 saturated heterocycles. The van der Waals surface area contributed by atoms with E-state index in [1.54, 1.807) is 24.8 Å². The maximum atomic E-state index is 9.11. The van der Waals surface area contributed by atoms with E-state index < -0.39 is 0 Å². The van der Waals surface area contributed by atoms with E-state index in [1.807, 2.05) is 24.3 Å². The van der Waals surface area contributed by atoms with Gasteiger partial charge in [0.05, 0.1) is 6.07 Å². The van der Waals surface area contributed by atoms with E-state index in [-0.39, 0.29) is 6.04 Å². The SMILES string of the molecule is N#CC(NCc1cccnc1)c1ccncc1. The third kappa shape index (κ3) is 3.10. The Balaban J connectivity index is 2.01. The van der Waals surface area contributed by atoms with Gasteiger partial charge in [-0.2, -0.15) is 5.26 Å². The van der Waals surface area contributed by atoms with Crippen LogP contribution in [0, 0.1) is 11.3 Å². The van der Waals surface area contributed by atoms with Crippen LogP contribution in [-0.2, 0) is 6.54 Å². The van der Waals surface area contributed by atoms with Crippen molar-refractivity contribution in [2.75, 3.05) is 0 Å². The Hall–Kier alpha value is -2.25. The fraction of sp³-hybridized carbons (Fsp3) is 0.154. The van der Waals surface area contributed by atoms with Gasteiger partial charge in [-0.3, -0.25) is 15.3 Å². The van der Waals surface area contributed by atoms with Gasteiger partial charge in [-0.15, -0.1) is 0 Å². The molecule has 0 bridgehead atoms. The highest BCUT2D eigenvalue weighted by Gasteiger charge is 2.08. The van der Waals surface area contributed by atoms with Crippen LogP contribution in [0.1, 0.15) is 17.2 Å². The van der Waals surface area contributed by atoms with Crippen molar-refractivity contribution in [3.8, 4) is 6.07 Å². The van der Waals surface area contributed by atoms with Crippen LogP contribution < -0.4 is 5.32 Å². The molecule has 1 N–H and O–H groups in total. The predicted molar refractivity (Wildman–Crippen MR) is 63.7 cm³/mol. The monoisotopic (exact) mass is 224 g/mol. The van der Waals surface area contributed by atoms with E-state index in [0.717, 1.165) is 11.1 Å². The lowest BCUT2D eigenvalue weighted by atomic mass is 10.1. The molecular weight excluding hydrogens is 212 g/mol. The van der Waals surface area contributed by atoms with Crippen LogP contribution in [0.3, 0.4) is 0 Å². The second kappa shape index (κ2) is 5.73. The van der Waals surface area contributed by atoms with Gasteiger partial charge in [0.25, 0.3) is 0 Å². The van der Waals surface area contributed by atoms with E-state index in [0.29, 0.717) is 6.54 Å². The molecule has 2 aromatic heterocycles. The van der Waals surface area contributed by atoms with Gasteiger partial charge in [-0.05, 0) is 29.3 Å². The number of pyridine rings is 2. The predicted octanol–water partition coefficient (Wildman–Crippen LogP) is 1.83. The normalized spacial score (nSPS) is 11.7. The average Bonchev–Trinajstić information content (AvgIpc) is 2.42. The van der Waals surface area contributed by atoms with Crippen molar-refractivity contribution in [3.05, 3.63) is 60.2 Å². The summed E-state index contributed by atoms with van der Waals surface area (Å²) < 4.78 is 0. The molecule has 2 rings (SSSR count). The third-order valence-corrected chi connectivity index (χ3v) is 2.40. The van der Waals surface area contributed by atoms with Crippen LogP contribution in [0.5, 0.6) is 0 Å². The van der Waals surface area contributed by atoms with Crippen molar-refractivity contribution in [2.45, 2.75) is 12.6 Å². The summed E-state index contributed by atoms with van der Waals surface area (Å²) in [4.78, 5) is 7.96. The Kier molecular flexibility index (Phi) is 3.79. The van der Waals surface area contributed by atoms with Crippen molar-refractivity contribution < 1.29 is 0 Å².